The predicted octanol–water partition coefficient (Wildman–Crippen LogP) is 2.85. The fourth-order valence-electron chi connectivity index (χ4n) is 2.58. The van der Waals surface area contributed by atoms with Gasteiger partial charge in [-0.05, 0) is 50.6 Å². The SMILES string of the molecule is CCNC(=NCc1ccc(S(=O)(=O)N(C)C(C)C)cc1)NCCOc1ccccc1. The zero-order valence-electron chi connectivity index (χ0n) is 18.1. The standard InChI is InChI=1S/C22H32N4O3S/c1-5-23-22(24-15-16-29-20-9-7-6-8-10-20)25-17-19-11-13-21(14-12-19)30(27,28)26(4)18(2)3/h6-14,18H,5,15-17H2,1-4H3,(H2,23,24,25). The molecule has 0 radical (unpaired) electrons. The number of hydrogen-bond acceptors (Lipinski definition) is 4. The van der Waals surface area contributed by atoms with Crippen LogP contribution >= 0.6 is 0 Å². The molecule has 0 aliphatic heterocycles. The van der Waals surface area contributed by atoms with E-state index in [1.54, 1.807) is 31.3 Å². The van der Waals surface area contributed by atoms with E-state index in [4.69, 9.17) is 4.74 Å². The Morgan fingerprint density at radius 1 is 1.07 bits per heavy atom. The molecule has 2 aromatic carbocycles. The third kappa shape index (κ3) is 7.03. The Hall–Kier alpha value is -2.58. The number of sulfonamides is 1. The smallest absolute Gasteiger partial charge is 0.243 e. The highest BCUT2D eigenvalue weighted by atomic mass is 32.2. The van der Waals surface area contributed by atoms with Gasteiger partial charge in [0.2, 0.25) is 10.0 Å². The number of guanidine groups is 1. The number of ether oxygens (including phenoxy) is 1. The van der Waals surface area contributed by atoms with Crippen molar-refractivity contribution in [2.24, 2.45) is 4.99 Å². The van der Waals surface area contributed by atoms with Gasteiger partial charge in [0.05, 0.1) is 18.0 Å². The summed E-state index contributed by atoms with van der Waals surface area (Å²) in [6, 6.07) is 16.4. The van der Waals surface area contributed by atoms with Crippen LogP contribution in [0.15, 0.2) is 64.5 Å². The van der Waals surface area contributed by atoms with Crippen LogP contribution in [0.25, 0.3) is 0 Å². The Kier molecular flexibility index (Phi) is 9.14. The molecule has 0 amide bonds. The van der Waals surface area contributed by atoms with E-state index in [0.29, 0.717) is 25.7 Å². The Morgan fingerprint density at radius 2 is 1.73 bits per heavy atom. The van der Waals surface area contributed by atoms with E-state index in [1.165, 1.54) is 4.31 Å². The maximum Gasteiger partial charge on any atom is 0.243 e. The molecule has 0 bridgehead atoms. The van der Waals surface area contributed by atoms with Gasteiger partial charge >= 0.3 is 0 Å². The summed E-state index contributed by atoms with van der Waals surface area (Å²) in [6.07, 6.45) is 0. The average molecular weight is 433 g/mol. The van der Waals surface area contributed by atoms with Gasteiger partial charge in [-0.1, -0.05) is 30.3 Å². The molecule has 0 aromatic heterocycles. The van der Waals surface area contributed by atoms with E-state index in [9.17, 15) is 8.42 Å². The summed E-state index contributed by atoms with van der Waals surface area (Å²) < 4.78 is 32.1. The summed E-state index contributed by atoms with van der Waals surface area (Å²) in [5.74, 6) is 1.52. The minimum Gasteiger partial charge on any atom is -0.492 e. The average Bonchev–Trinajstić information content (AvgIpc) is 2.75. The molecule has 164 valence electrons. The largest absolute Gasteiger partial charge is 0.492 e. The molecule has 0 aliphatic carbocycles. The first-order chi connectivity index (χ1) is 14.3. The third-order valence-electron chi connectivity index (χ3n) is 4.50. The highest BCUT2D eigenvalue weighted by Crippen LogP contribution is 2.17. The van der Waals surface area contributed by atoms with E-state index < -0.39 is 10.0 Å². The van der Waals surface area contributed by atoms with Crippen LogP contribution in [-0.2, 0) is 16.6 Å². The number of benzene rings is 2. The topological polar surface area (TPSA) is 83.0 Å². The number of aliphatic imine (C=N–C) groups is 1. The molecule has 0 atom stereocenters. The summed E-state index contributed by atoms with van der Waals surface area (Å²) >= 11 is 0. The van der Waals surface area contributed by atoms with Crippen molar-refractivity contribution in [2.45, 2.75) is 38.3 Å². The first kappa shape index (κ1) is 23.7. The molecule has 0 heterocycles. The maximum atomic E-state index is 12.6. The lowest BCUT2D eigenvalue weighted by atomic mass is 10.2. The third-order valence-corrected chi connectivity index (χ3v) is 6.55. The normalized spacial score (nSPS) is 12.3. The van der Waals surface area contributed by atoms with Crippen molar-refractivity contribution < 1.29 is 13.2 Å². The van der Waals surface area contributed by atoms with E-state index in [-0.39, 0.29) is 10.9 Å². The maximum absolute atomic E-state index is 12.6. The highest BCUT2D eigenvalue weighted by molar-refractivity contribution is 7.89. The molecular formula is C22H32N4O3S. The number of para-hydroxylation sites is 1. The number of nitrogens with zero attached hydrogens (tertiary/aromatic N) is 2. The first-order valence-corrected chi connectivity index (χ1v) is 11.6. The summed E-state index contributed by atoms with van der Waals surface area (Å²) in [4.78, 5) is 4.85. The first-order valence-electron chi connectivity index (χ1n) is 10.1. The molecule has 2 rings (SSSR count). The van der Waals surface area contributed by atoms with Crippen molar-refractivity contribution in [2.75, 3.05) is 26.7 Å². The quantitative estimate of drug-likeness (QED) is 0.343. The van der Waals surface area contributed by atoms with Gasteiger partial charge in [0.25, 0.3) is 0 Å². The van der Waals surface area contributed by atoms with Crippen LogP contribution in [0.4, 0.5) is 0 Å². The summed E-state index contributed by atoms with van der Waals surface area (Å²) in [5.41, 5.74) is 0.930. The van der Waals surface area contributed by atoms with Crippen LogP contribution < -0.4 is 15.4 Å². The van der Waals surface area contributed by atoms with E-state index in [1.807, 2.05) is 51.1 Å². The number of hydrogen-bond donors (Lipinski definition) is 2. The van der Waals surface area contributed by atoms with E-state index >= 15 is 0 Å². The summed E-state index contributed by atoms with van der Waals surface area (Å²) in [5, 5.41) is 6.43. The van der Waals surface area contributed by atoms with E-state index in [2.05, 4.69) is 15.6 Å². The van der Waals surface area contributed by atoms with Crippen LogP contribution in [0, 0.1) is 0 Å². The second kappa shape index (κ2) is 11.6. The van der Waals surface area contributed by atoms with Crippen molar-refractivity contribution in [3.63, 3.8) is 0 Å². The molecule has 0 saturated carbocycles. The van der Waals surface area contributed by atoms with Crippen molar-refractivity contribution in [1.29, 1.82) is 0 Å². The molecule has 0 spiro atoms. The molecule has 7 nitrogen and oxygen atoms in total. The van der Waals surface area contributed by atoms with Crippen molar-refractivity contribution in [1.82, 2.24) is 14.9 Å². The molecule has 0 saturated heterocycles. The van der Waals surface area contributed by atoms with Gasteiger partial charge in [-0.25, -0.2) is 13.4 Å². The van der Waals surface area contributed by atoms with Crippen molar-refractivity contribution >= 4 is 16.0 Å². The zero-order valence-corrected chi connectivity index (χ0v) is 18.9. The molecule has 2 aromatic rings. The van der Waals surface area contributed by atoms with Gasteiger partial charge in [0, 0.05) is 19.6 Å². The molecular weight excluding hydrogens is 400 g/mol. The number of rotatable bonds is 10. The van der Waals surface area contributed by atoms with Gasteiger partial charge in [0.15, 0.2) is 5.96 Å². The zero-order chi connectivity index (χ0) is 22.0. The van der Waals surface area contributed by atoms with Gasteiger partial charge in [0.1, 0.15) is 12.4 Å². The Balaban J connectivity index is 1.92. The molecule has 2 N–H and O–H groups in total. The Bertz CT molecular complexity index is 898. The summed E-state index contributed by atoms with van der Waals surface area (Å²) in [7, 11) is -1.88. The van der Waals surface area contributed by atoms with Crippen LogP contribution in [-0.4, -0.2) is 51.5 Å². The second-order valence-electron chi connectivity index (χ2n) is 7.04. The Morgan fingerprint density at radius 3 is 2.33 bits per heavy atom. The molecule has 0 fully saturated rings. The number of nitrogens with one attached hydrogen (secondary N) is 2. The van der Waals surface area contributed by atoms with Crippen LogP contribution in [0.3, 0.4) is 0 Å². The van der Waals surface area contributed by atoms with Crippen LogP contribution in [0.5, 0.6) is 5.75 Å². The predicted molar refractivity (Wildman–Crippen MR) is 121 cm³/mol. The Labute approximate surface area is 180 Å². The van der Waals surface area contributed by atoms with Crippen molar-refractivity contribution in [3.8, 4) is 5.75 Å². The molecule has 0 aliphatic rings. The van der Waals surface area contributed by atoms with Gasteiger partial charge in [-0.2, -0.15) is 4.31 Å². The lowest BCUT2D eigenvalue weighted by molar-refractivity contribution is 0.322. The lowest BCUT2D eigenvalue weighted by Gasteiger charge is -2.21. The van der Waals surface area contributed by atoms with Gasteiger partial charge in [-0.3, -0.25) is 0 Å². The fourth-order valence-corrected chi connectivity index (χ4v) is 3.95. The van der Waals surface area contributed by atoms with Gasteiger partial charge < -0.3 is 15.4 Å². The van der Waals surface area contributed by atoms with Crippen LogP contribution in [0.2, 0.25) is 0 Å². The fraction of sp³-hybridized carbons (Fsp3) is 0.409. The highest BCUT2D eigenvalue weighted by Gasteiger charge is 2.22. The minimum absolute atomic E-state index is 0.0982. The molecule has 0 unspecified atom stereocenters. The minimum atomic E-state index is -3.47. The molecule has 8 heteroatoms. The monoisotopic (exact) mass is 432 g/mol. The molecule has 30 heavy (non-hydrogen) atoms. The van der Waals surface area contributed by atoms with Gasteiger partial charge in [-0.15, -0.1) is 0 Å². The summed E-state index contributed by atoms with van der Waals surface area (Å²) in [6.45, 7) is 8.01. The lowest BCUT2D eigenvalue weighted by Crippen LogP contribution is -2.39. The van der Waals surface area contributed by atoms with Crippen molar-refractivity contribution in [3.05, 3.63) is 60.2 Å². The second-order valence-corrected chi connectivity index (χ2v) is 9.04. The van der Waals surface area contributed by atoms with E-state index in [0.717, 1.165) is 17.9 Å². The van der Waals surface area contributed by atoms with Crippen LogP contribution in [0.1, 0.15) is 26.3 Å².